The van der Waals surface area contributed by atoms with E-state index < -0.39 is 15.6 Å². The van der Waals surface area contributed by atoms with Crippen LogP contribution in [0.4, 0.5) is 5.82 Å². The highest BCUT2D eigenvalue weighted by atomic mass is 79.9. The van der Waals surface area contributed by atoms with Gasteiger partial charge in [-0.15, -0.1) is 0 Å². The Bertz CT molecular complexity index is 490. The summed E-state index contributed by atoms with van der Waals surface area (Å²) in [5.74, 6) is 0.628. The molecule has 1 rings (SSSR count). The molecule has 0 saturated carbocycles. The molecule has 8 heteroatoms. The Balaban J connectivity index is 2.65. The fourth-order valence-electron chi connectivity index (χ4n) is 1.29. The lowest BCUT2D eigenvalue weighted by Gasteiger charge is -2.25. The van der Waals surface area contributed by atoms with Crippen LogP contribution in [0.25, 0.3) is 0 Å². The van der Waals surface area contributed by atoms with Gasteiger partial charge in [0.25, 0.3) is 0 Å². The summed E-state index contributed by atoms with van der Waals surface area (Å²) in [5.41, 5.74) is -0.599. The van der Waals surface area contributed by atoms with Crippen LogP contribution in [0.1, 0.15) is 13.8 Å². The van der Waals surface area contributed by atoms with Crippen molar-refractivity contribution in [1.82, 2.24) is 14.7 Å². The van der Waals surface area contributed by atoms with E-state index in [1.165, 1.54) is 6.33 Å². The standard InChI is InChI=1S/C9H15BrN4O2S/c1-9(2,14-17(3,15)16)5-12-8-7(10)4-11-6-13-8/h4,6,14H,5H2,1-3H3,(H,11,12,13). The minimum atomic E-state index is -3.23. The summed E-state index contributed by atoms with van der Waals surface area (Å²) < 4.78 is 25.6. The fourth-order valence-corrected chi connectivity index (χ4v) is 2.72. The quantitative estimate of drug-likeness (QED) is 0.844. The van der Waals surface area contributed by atoms with Crippen LogP contribution in [0.5, 0.6) is 0 Å². The molecular weight excluding hydrogens is 308 g/mol. The van der Waals surface area contributed by atoms with Crippen LogP contribution in [0.3, 0.4) is 0 Å². The van der Waals surface area contributed by atoms with Gasteiger partial charge < -0.3 is 5.32 Å². The number of nitrogens with one attached hydrogen (secondary N) is 2. The Kier molecular flexibility index (Phi) is 4.45. The van der Waals surface area contributed by atoms with Crippen LogP contribution >= 0.6 is 15.9 Å². The van der Waals surface area contributed by atoms with E-state index in [-0.39, 0.29) is 0 Å². The van der Waals surface area contributed by atoms with Crippen LogP contribution < -0.4 is 10.0 Å². The second-order valence-electron chi connectivity index (χ2n) is 4.33. The van der Waals surface area contributed by atoms with Crippen LogP contribution in [-0.2, 0) is 10.0 Å². The zero-order valence-electron chi connectivity index (χ0n) is 9.86. The fraction of sp³-hybridized carbons (Fsp3) is 0.556. The summed E-state index contributed by atoms with van der Waals surface area (Å²) in [6.07, 6.45) is 4.17. The maximum Gasteiger partial charge on any atom is 0.209 e. The summed E-state index contributed by atoms with van der Waals surface area (Å²) in [7, 11) is -3.23. The van der Waals surface area contributed by atoms with Gasteiger partial charge in [-0.3, -0.25) is 0 Å². The van der Waals surface area contributed by atoms with E-state index in [1.54, 1.807) is 20.0 Å². The number of anilines is 1. The highest BCUT2D eigenvalue weighted by Crippen LogP contribution is 2.17. The first-order valence-electron chi connectivity index (χ1n) is 4.88. The van der Waals surface area contributed by atoms with E-state index in [1.807, 2.05) is 0 Å². The number of hydrogen-bond acceptors (Lipinski definition) is 5. The van der Waals surface area contributed by atoms with Gasteiger partial charge >= 0.3 is 0 Å². The number of nitrogens with zero attached hydrogens (tertiary/aromatic N) is 2. The third-order valence-corrected chi connectivity index (χ3v) is 3.33. The normalized spacial score (nSPS) is 12.5. The maximum atomic E-state index is 11.2. The van der Waals surface area contributed by atoms with E-state index in [2.05, 4.69) is 35.9 Å². The first-order valence-corrected chi connectivity index (χ1v) is 7.56. The minimum Gasteiger partial charge on any atom is -0.367 e. The van der Waals surface area contributed by atoms with Gasteiger partial charge in [0, 0.05) is 18.3 Å². The molecular formula is C9H15BrN4O2S. The Morgan fingerprint density at radius 2 is 2.12 bits per heavy atom. The third-order valence-electron chi connectivity index (χ3n) is 1.83. The average molecular weight is 323 g/mol. The molecule has 0 fully saturated rings. The van der Waals surface area contributed by atoms with E-state index in [0.29, 0.717) is 12.4 Å². The predicted molar refractivity (Wildman–Crippen MR) is 70.3 cm³/mol. The molecule has 96 valence electrons. The van der Waals surface area contributed by atoms with Gasteiger partial charge in [0.2, 0.25) is 10.0 Å². The van der Waals surface area contributed by atoms with Crippen molar-refractivity contribution in [3.05, 3.63) is 17.0 Å². The van der Waals surface area contributed by atoms with Gasteiger partial charge in [0.1, 0.15) is 12.1 Å². The molecule has 0 radical (unpaired) electrons. The van der Waals surface area contributed by atoms with Crippen molar-refractivity contribution in [3.8, 4) is 0 Å². The molecule has 0 spiro atoms. The number of halogens is 1. The Hall–Kier alpha value is -0.730. The maximum absolute atomic E-state index is 11.2. The molecule has 17 heavy (non-hydrogen) atoms. The van der Waals surface area contributed by atoms with Crippen molar-refractivity contribution in [3.63, 3.8) is 0 Å². The van der Waals surface area contributed by atoms with Crippen molar-refractivity contribution in [2.45, 2.75) is 19.4 Å². The molecule has 6 nitrogen and oxygen atoms in total. The summed E-state index contributed by atoms with van der Waals surface area (Å²) in [6, 6.07) is 0. The summed E-state index contributed by atoms with van der Waals surface area (Å²) >= 11 is 3.30. The molecule has 0 atom stereocenters. The highest BCUT2D eigenvalue weighted by molar-refractivity contribution is 9.10. The Morgan fingerprint density at radius 1 is 1.47 bits per heavy atom. The van der Waals surface area contributed by atoms with Crippen LogP contribution in [0.15, 0.2) is 17.0 Å². The third kappa shape index (κ3) is 5.42. The van der Waals surface area contributed by atoms with Crippen molar-refractivity contribution in [2.24, 2.45) is 0 Å². The summed E-state index contributed by atoms with van der Waals surface area (Å²) in [4.78, 5) is 7.87. The largest absolute Gasteiger partial charge is 0.367 e. The number of hydrogen-bond donors (Lipinski definition) is 2. The van der Waals surface area contributed by atoms with E-state index in [4.69, 9.17) is 0 Å². The number of sulfonamides is 1. The molecule has 1 heterocycles. The van der Waals surface area contributed by atoms with Gasteiger partial charge in [-0.05, 0) is 29.8 Å². The van der Waals surface area contributed by atoms with Gasteiger partial charge in [0.05, 0.1) is 10.7 Å². The van der Waals surface area contributed by atoms with Crippen molar-refractivity contribution >= 4 is 31.8 Å². The molecule has 0 aromatic carbocycles. The van der Waals surface area contributed by atoms with Gasteiger partial charge in [-0.1, -0.05) is 0 Å². The molecule has 1 aromatic rings. The zero-order chi connectivity index (χ0) is 13.1. The average Bonchev–Trinajstić information content (AvgIpc) is 2.13. The van der Waals surface area contributed by atoms with E-state index in [0.717, 1.165) is 10.7 Å². The lowest BCUT2D eigenvalue weighted by molar-refractivity contribution is 0.475. The van der Waals surface area contributed by atoms with E-state index >= 15 is 0 Å². The van der Waals surface area contributed by atoms with Gasteiger partial charge in [0.15, 0.2) is 0 Å². The first-order chi connectivity index (χ1) is 7.70. The topological polar surface area (TPSA) is 84.0 Å². The molecule has 0 aliphatic rings. The second kappa shape index (κ2) is 5.28. The Labute approximate surface area is 109 Å². The molecule has 0 aliphatic carbocycles. The lowest BCUT2D eigenvalue weighted by Crippen LogP contribution is -2.47. The van der Waals surface area contributed by atoms with Gasteiger partial charge in [-0.2, -0.15) is 0 Å². The molecule has 0 saturated heterocycles. The van der Waals surface area contributed by atoms with Crippen LogP contribution in [-0.4, -0.2) is 36.7 Å². The molecule has 0 bridgehead atoms. The zero-order valence-corrected chi connectivity index (χ0v) is 12.3. The SMILES string of the molecule is CC(C)(CNc1ncncc1Br)NS(C)(=O)=O. The Morgan fingerprint density at radius 3 is 2.65 bits per heavy atom. The van der Waals surface area contributed by atoms with Crippen molar-refractivity contribution in [1.29, 1.82) is 0 Å². The molecule has 0 aliphatic heterocycles. The summed E-state index contributed by atoms with van der Waals surface area (Å²) in [6.45, 7) is 3.99. The predicted octanol–water partition coefficient (Wildman–Crippen LogP) is 0.979. The van der Waals surface area contributed by atoms with E-state index in [9.17, 15) is 8.42 Å². The first kappa shape index (κ1) is 14.3. The molecule has 0 unspecified atom stereocenters. The van der Waals surface area contributed by atoms with Crippen molar-refractivity contribution in [2.75, 3.05) is 18.1 Å². The molecule has 2 N–H and O–H groups in total. The highest BCUT2D eigenvalue weighted by Gasteiger charge is 2.22. The monoisotopic (exact) mass is 322 g/mol. The molecule has 0 amide bonds. The number of aromatic nitrogens is 2. The van der Waals surface area contributed by atoms with Gasteiger partial charge in [-0.25, -0.2) is 23.1 Å². The van der Waals surface area contributed by atoms with Crippen LogP contribution in [0.2, 0.25) is 0 Å². The minimum absolute atomic E-state index is 0.412. The smallest absolute Gasteiger partial charge is 0.209 e. The molecule has 1 aromatic heterocycles. The summed E-state index contributed by atoms with van der Waals surface area (Å²) in [5, 5.41) is 3.05. The second-order valence-corrected chi connectivity index (χ2v) is 6.93. The number of rotatable bonds is 5. The van der Waals surface area contributed by atoms with Crippen molar-refractivity contribution < 1.29 is 8.42 Å². The van der Waals surface area contributed by atoms with Crippen LogP contribution in [0, 0.1) is 0 Å². The lowest BCUT2D eigenvalue weighted by atomic mass is 10.1.